The van der Waals surface area contributed by atoms with E-state index in [0.29, 0.717) is 5.76 Å². The van der Waals surface area contributed by atoms with Crippen molar-refractivity contribution in [2.75, 3.05) is 7.11 Å². The maximum Gasteiger partial charge on any atom is 0.260 e. The van der Waals surface area contributed by atoms with Crippen LogP contribution in [-0.2, 0) is 11.3 Å². The van der Waals surface area contributed by atoms with E-state index in [2.05, 4.69) is 0 Å². The number of methoxy groups -OCH3 is 1. The SMILES string of the molecule is COCc1ccc(C(N)C(F)F)o1. The standard InChI is InChI=1S/C8H11F2NO2/c1-12-4-5-2-3-6(13-5)7(11)8(9)10/h2-3,7-8H,4,11H2,1H3. The fraction of sp³-hybridized carbons (Fsp3) is 0.500. The maximum absolute atomic E-state index is 12.1. The maximum atomic E-state index is 12.1. The van der Waals surface area contributed by atoms with Gasteiger partial charge in [-0.25, -0.2) is 8.78 Å². The van der Waals surface area contributed by atoms with Crippen molar-refractivity contribution < 1.29 is 17.9 Å². The van der Waals surface area contributed by atoms with E-state index >= 15 is 0 Å². The van der Waals surface area contributed by atoms with Gasteiger partial charge < -0.3 is 14.9 Å². The third-order valence-corrected chi connectivity index (χ3v) is 1.57. The van der Waals surface area contributed by atoms with E-state index < -0.39 is 12.5 Å². The lowest BCUT2D eigenvalue weighted by molar-refractivity contribution is 0.103. The highest BCUT2D eigenvalue weighted by molar-refractivity contribution is 5.10. The van der Waals surface area contributed by atoms with Crippen LogP contribution in [-0.4, -0.2) is 13.5 Å². The van der Waals surface area contributed by atoms with Gasteiger partial charge in [-0.05, 0) is 12.1 Å². The molecule has 13 heavy (non-hydrogen) atoms. The fourth-order valence-electron chi connectivity index (χ4n) is 0.918. The highest BCUT2D eigenvalue weighted by atomic mass is 19.3. The van der Waals surface area contributed by atoms with Crippen molar-refractivity contribution in [1.82, 2.24) is 0 Å². The molecule has 0 saturated heterocycles. The van der Waals surface area contributed by atoms with E-state index in [-0.39, 0.29) is 12.4 Å². The van der Waals surface area contributed by atoms with E-state index in [1.807, 2.05) is 0 Å². The first-order valence-corrected chi connectivity index (χ1v) is 3.76. The summed E-state index contributed by atoms with van der Waals surface area (Å²) in [4.78, 5) is 0. The average Bonchev–Trinajstić information content (AvgIpc) is 2.52. The van der Waals surface area contributed by atoms with Crippen molar-refractivity contribution in [3.63, 3.8) is 0 Å². The van der Waals surface area contributed by atoms with Crippen LogP contribution in [0.3, 0.4) is 0 Å². The Kier molecular flexibility index (Phi) is 3.39. The lowest BCUT2D eigenvalue weighted by Gasteiger charge is -2.05. The number of halogens is 2. The lowest BCUT2D eigenvalue weighted by Crippen LogP contribution is -2.17. The first kappa shape index (κ1) is 10.1. The van der Waals surface area contributed by atoms with E-state index in [1.54, 1.807) is 6.07 Å². The Labute approximate surface area is 74.5 Å². The molecule has 3 nitrogen and oxygen atoms in total. The van der Waals surface area contributed by atoms with Crippen LogP contribution in [0.25, 0.3) is 0 Å². The summed E-state index contributed by atoms with van der Waals surface area (Å²) in [7, 11) is 1.50. The van der Waals surface area contributed by atoms with E-state index in [9.17, 15) is 8.78 Å². The van der Waals surface area contributed by atoms with Crippen LogP contribution >= 0.6 is 0 Å². The fourth-order valence-corrected chi connectivity index (χ4v) is 0.918. The van der Waals surface area contributed by atoms with Crippen molar-refractivity contribution in [2.45, 2.75) is 19.1 Å². The molecule has 0 aliphatic carbocycles. The molecule has 1 rings (SSSR count). The predicted molar refractivity (Wildman–Crippen MR) is 42.4 cm³/mol. The van der Waals surface area contributed by atoms with Gasteiger partial charge in [0.1, 0.15) is 24.2 Å². The molecule has 1 aromatic rings. The van der Waals surface area contributed by atoms with Crippen LogP contribution in [0.5, 0.6) is 0 Å². The van der Waals surface area contributed by atoms with Crippen LogP contribution in [0.15, 0.2) is 16.5 Å². The first-order valence-electron chi connectivity index (χ1n) is 3.76. The van der Waals surface area contributed by atoms with Gasteiger partial charge in [-0.15, -0.1) is 0 Å². The smallest absolute Gasteiger partial charge is 0.260 e. The van der Waals surface area contributed by atoms with E-state index in [0.717, 1.165) is 0 Å². The second kappa shape index (κ2) is 4.34. The number of alkyl halides is 2. The molecule has 0 bridgehead atoms. The zero-order valence-corrected chi connectivity index (χ0v) is 7.17. The second-order valence-electron chi connectivity index (χ2n) is 2.60. The van der Waals surface area contributed by atoms with E-state index in [1.165, 1.54) is 13.2 Å². The van der Waals surface area contributed by atoms with Gasteiger partial charge >= 0.3 is 0 Å². The zero-order chi connectivity index (χ0) is 9.84. The summed E-state index contributed by atoms with van der Waals surface area (Å²) >= 11 is 0. The third kappa shape index (κ3) is 2.50. The van der Waals surface area contributed by atoms with Crippen LogP contribution in [0.1, 0.15) is 17.6 Å². The number of hydrogen-bond acceptors (Lipinski definition) is 3. The minimum absolute atomic E-state index is 0.0852. The van der Waals surface area contributed by atoms with Gasteiger partial charge in [0.2, 0.25) is 0 Å². The molecule has 0 spiro atoms. The predicted octanol–water partition coefficient (Wildman–Crippen LogP) is 1.69. The molecule has 5 heteroatoms. The second-order valence-corrected chi connectivity index (χ2v) is 2.60. The number of hydrogen-bond donors (Lipinski definition) is 1. The molecular formula is C8H11F2NO2. The molecule has 74 valence electrons. The highest BCUT2D eigenvalue weighted by Gasteiger charge is 2.20. The summed E-state index contributed by atoms with van der Waals surface area (Å²) in [5.74, 6) is 0.579. The van der Waals surface area contributed by atoms with Crippen LogP contribution < -0.4 is 5.73 Å². The zero-order valence-electron chi connectivity index (χ0n) is 7.17. The molecule has 0 radical (unpaired) electrons. The molecule has 1 atom stereocenters. The Morgan fingerprint density at radius 1 is 1.54 bits per heavy atom. The molecular weight excluding hydrogens is 180 g/mol. The van der Waals surface area contributed by atoms with Crippen LogP contribution in [0.2, 0.25) is 0 Å². The van der Waals surface area contributed by atoms with Gasteiger partial charge in [0.05, 0.1) is 0 Å². The molecule has 1 unspecified atom stereocenters. The van der Waals surface area contributed by atoms with Crippen molar-refractivity contribution in [2.24, 2.45) is 5.73 Å². The number of furan rings is 1. The number of ether oxygens (including phenoxy) is 1. The van der Waals surface area contributed by atoms with Crippen molar-refractivity contribution in [1.29, 1.82) is 0 Å². The molecule has 1 heterocycles. The Morgan fingerprint density at radius 3 is 2.77 bits per heavy atom. The quantitative estimate of drug-likeness (QED) is 0.787. The number of rotatable bonds is 4. The molecule has 0 saturated carbocycles. The molecule has 0 aromatic carbocycles. The minimum Gasteiger partial charge on any atom is -0.462 e. The Bertz CT molecular complexity index is 262. The molecule has 2 N–H and O–H groups in total. The third-order valence-electron chi connectivity index (χ3n) is 1.57. The Morgan fingerprint density at radius 2 is 2.23 bits per heavy atom. The number of nitrogens with two attached hydrogens (primary N) is 1. The molecule has 0 amide bonds. The topological polar surface area (TPSA) is 48.4 Å². The van der Waals surface area contributed by atoms with E-state index in [4.69, 9.17) is 14.9 Å². The van der Waals surface area contributed by atoms with Crippen LogP contribution in [0, 0.1) is 0 Å². The highest BCUT2D eigenvalue weighted by Crippen LogP contribution is 2.20. The summed E-state index contributed by atoms with van der Waals surface area (Å²) in [5.41, 5.74) is 5.16. The summed E-state index contributed by atoms with van der Waals surface area (Å²) in [5, 5.41) is 0. The van der Waals surface area contributed by atoms with Crippen molar-refractivity contribution in [3.05, 3.63) is 23.7 Å². The van der Waals surface area contributed by atoms with Crippen LogP contribution in [0.4, 0.5) is 8.78 Å². The molecule has 0 aliphatic rings. The van der Waals surface area contributed by atoms with Gasteiger partial charge in [0.15, 0.2) is 0 Å². The largest absolute Gasteiger partial charge is 0.462 e. The Hall–Kier alpha value is -0.940. The monoisotopic (exact) mass is 191 g/mol. The van der Waals surface area contributed by atoms with Gasteiger partial charge in [0.25, 0.3) is 6.43 Å². The van der Waals surface area contributed by atoms with Gasteiger partial charge in [-0.3, -0.25) is 0 Å². The first-order chi connectivity index (χ1) is 6.15. The summed E-state index contributed by atoms with van der Waals surface area (Å²) in [6.45, 7) is 0.260. The normalized spacial score (nSPS) is 13.6. The lowest BCUT2D eigenvalue weighted by atomic mass is 10.2. The summed E-state index contributed by atoms with van der Waals surface area (Å²) in [6.07, 6.45) is -2.61. The van der Waals surface area contributed by atoms with Crippen molar-refractivity contribution in [3.8, 4) is 0 Å². The summed E-state index contributed by atoms with van der Waals surface area (Å²) in [6, 6.07) is 1.65. The van der Waals surface area contributed by atoms with Gasteiger partial charge in [0, 0.05) is 7.11 Å². The molecule has 0 fully saturated rings. The van der Waals surface area contributed by atoms with Gasteiger partial charge in [-0.2, -0.15) is 0 Å². The van der Waals surface area contributed by atoms with Gasteiger partial charge in [-0.1, -0.05) is 0 Å². The van der Waals surface area contributed by atoms with Crippen molar-refractivity contribution >= 4 is 0 Å². The minimum atomic E-state index is -2.61. The summed E-state index contributed by atoms with van der Waals surface area (Å²) < 4.78 is 34.0. The molecule has 0 aliphatic heterocycles. The average molecular weight is 191 g/mol. The Balaban J connectivity index is 2.67. The molecule has 1 aromatic heterocycles.